The lowest BCUT2D eigenvalue weighted by molar-refractivity contribution is -0.147. The number of hydrogen-bond donors (Lipinski definition) is 2. The summed E-state index contributed by atoms with van der Waals surface area (Å²) in [4.78, 5) is 23.8. The number of aliphatic hydroxyl groups excluding tert-OH is 2. The van der Waals surface area contributed by atoms with Crippen LogP contribution in [0.1, 0.15) is 57.9 Å². The molecule has 1 aromatic carbocycles. The third-order valence-corrected chi connectivity index (χ3v) is 5.54. The molecule has 31 heavy (non-hydrogen) atoms. The van der Waals surface area contributed by atoms with E-state index in [2.05, 4.69) is 0 Å². The highest BCUT2D eigenvalue weighted by molar-refractivity contribution is 5.84. The number of Topliss-reactive ketones (excluding diaryl/α,β-unsaturated/α-hetero) is 1. The van der Waals surface area contributed by atoms with E-state index in [-0.39, 0.29) is 36.1 Å². The van der Waals surface area contributed by atoms with Gasteiger partial charge in [0.1, 0.15) is 5.78 Å². The number of unbranched alkanes of at least 4 members (excludes halogenated alkanes) is 1. The maximum absolute atomic E-state index is 12.3. The van der Waals surface area contributed by atoms with Gasteiger partial charge in [0.15, 0.2) is 0 Å². The van der Waals surface area contributed by atoms with Crippen LogP contribution >= 0.6 is 0 Å². The van der Waals surface area contributed by atoms with E-state index in [1.807, 2.05) is 62.4 Å². The number of aliphatic hydroxyl groups is 2. The van der Waals surface area contributed by atoms with Crippen LogP contribution in [0.3, 0.4) is 0 Å². The molecule has 0 amide bonds. The van der Waals surface area contributed by atoms with E-state index in [1.165, 1.54) is 5.56 Å². The number of ketones is 1. The molecule has 2 unspecified atom stereocenters. The monoisotopic (exact) mass is 428 g/mol. The smallest absolute Gasteiger partial charge is 0.306 e. The van der Waals surface area contributed by atoms with Gasteiger partial charge in [-0.25, -0.2) is 0 Å². The van der Waals surface area contributed by atoms with Crippen molar-refractivity contribution in [2.45, 2.75) is 77.1 Å². The Hall–Kier alpha value is -2.24. The van der Waals surface area contributed by atoms with Crippen molar-refractivity contribution in [3.8, 4) is 0 Å². The lowest BCUT2D eigenvalue weighted by Crippen LogP contribution is -2.19. The first kappa shape index (κ1) is 25.0. The minimum absolute atomic E-state index is 0.0612. The summed E-state index contributed by atoms with van der Waals surface area (Å²) in [6.07, 6.45) is 10.00. The SMILES string of the molecule is CC(C)OC(=O)CCC/C=C\C[C@H]1C(=O)CC(O)[C@@H]1/C=C/C(O)CCc1ccccc1. The van der Waals surface area contributed by atoms with E-state index in [9.17, 15) is 19.8 Å². The molecule has 5 heteroatoms. The Morgan fingerprint density at radius 3 is 2.68 bits per heavy atom. The van der Waals surface area contributed by atoms with Crippen molar-refractivity contribution in [2.75, 3.05) is 0 Å². The Morgan fingerprint density at radius 1 is 1.23 bits per heavy atom. The van der Waals surface area contributed by atoms with Crippen molar-refractivity contribution in [1.29, 1.82) is 0 Å². The molecule has 0 heterocycles. The summed E-state index contributed by atoms with van der Waals surface area (Å²) in [6.45, 7) is 3.66. The predicted octanol–water partition coefficient (Wildman–Crippen LogP) is 4.17. The number of rotatable bonds is 12. The largest absolute Gasteiger partial charge is 0.463 e. The number of ether oxygens (including phenoxy) is 1. The van der Waals surface area contributed by atoms with Gasteiger partial charge in [0.05, 0.1) is 18.3 Å². The van der Waals surface area contributed by atoms with Crippen LogP contribution < -0.4 is 0 Å². The lowest BCUT2D eigenvalue weighted by atomic mass is 9.90. The minimum atomic E-state index is -0.700. The van der Waals surface area contributed by atoms with Gasteiger partial charge in [0.25, 0.3) is 0 Å². The minimum Gasteiger partial charge on any atom is -0.463 e. The zero-order chi connectivity index (χ0) is 22.6. The number of allylic oxidation sites excluding steroid dienone is 2. The standard InChI is InChI=1S/C26H36O5/c1-19(2)31-26(30)13-9-4-3-8-12-22-23(25(29)18-24(22)28)17-16-21(27)15-14-20-10-6-5-7-11-20/h3,5-8,10-11,16-17,19,21-23,25,27,29H,4,9,12-15,18H2,1-2H3/b8-3-,17-16+/t21?,22-,23-,25?/m1/s1. The van der Waals surface area contributed by atoms with Crippen LogP contribution in [-0.4, -0.2) is 40.3 Å². The Bertz CT molecular complexity index is 737. The fourth-order valence-corrected chi connectivity index (χ4v) is 3.89. The van der Waals surface area contributed by atoms with Gasteiger partial charge in [-0.3, -0.25) is 9.59 Å². The molecule has 1 fully saturated rings. The van der Waals surface area contributed by atoms with E-state index in [0.717, 1.165) is 12.8 Å². The molecule has 0 radical (unpaired) electrons. The van der Waals surface area contributed by atoms with Crippen molar-refractivity contribution < 1.29 is 24.5 Å². The molecule has 0 spiro atoms. The van der Waals surface area contributed by atoms with Crippen LogP contribution in [0.25, 0.3) is 0 Å². The average Bonchev–Trinajstić information content (AvgIpc) is 3.00. The van der Waals surface area contributed by atoms with Gasteiger partial charge in [-0.05, 0) is 51.5 Å². The second kappa shape index (κ2) is 13.2. The van der Waals surface area contributed by atoms with E-state index in [0.29, 0.717) is 25.7 Å². The van der Waals surface area contributed by atoms with Crippen molar-refractivity contribution in [3.63, 3.8) is 0 Å². The second-order valence-corrected chi connectivity index (χ2v) is 8.54. The topological polar surface area (TPSA) is 83.8 Å². The van der Waals surface area contributed by atoms with Gasteiger partial charge in [0.2, 0.25) is 0 Å². The number of carbonyl (C=O) groups excluding carboxylic acids is 2. The first-order valence-corrected chi connectivity index (χ1v) is 11.3. The van der Waals surface area contributed by atoms with Crippen LogP contribution in [-0.2, 0) is 20.7 Å². The summed E-state index contributed by atoms with van der Waals surface area (Å²) in [5.41, 5.74) is 1.17. The molecule has 0 aliphatic heterocycles. The number of benzene rings is 1. The molecule has 2 N–H and O–H groups in total. The summed E-state index contributed by atoms with van der Waals surface area (Å²) >= 11 is 0. The van der Waals surface area contributed by atoms with Crippen molar-refractivity contribution in [2.24, 2.45) is 11.8 Å². The lowest BCUT2D eigenvalue weighted by Gasteiger charge is -2.16. The number of carbonyl (C=O) groups is 2. The van der Waals surface area contributed by atoms with Crippen molar-refractivity contribution in [3.05, 3.63) is 60.2 Å². The molecule has 2 rings (SSSR count). The molecule has 0 saturated heterocycles. The van der Waals surface area contributed by atoms with Crippen LogP contribution in [0.5, 0.6) is 0 Å². The van der Waals surface area contributed by atoms with E-state index >= 15 is 0 Å². The van der Waals surface area contributed by atoms with Gasteiger partial charge < -0.3 is 14.9 Å². The molecule has 1 aromatic rings. The van der Waals surface area contributed by atoms with Gasteiger partial charge in [-0.1, -0.05) is 54.6 Å². The molecule has 0 aromatic heterocycles. The fourth-order valence-electron chi connectivity index (χ4n) is 3.89. The molecule has 1 aliphatic carbocycles. The van der Waals surface area contributed by atoms with Crippen LogP contribution in [0.2, 0.25) is 0 Å². The normalized spacial score (nSPS) is 22.6. The molecular weight excluding hydrogens is 392 g/mol. The molecular formula is C26H36O5. The van der Waals surface area contributed by atoms with E-state index in [1.54, 1.807) is 6.08 Å². The maximum atomic E-state index is 12.3. The summed E-state index contributed by atoms with van der Waals surface area (Å²) in [5.74, 6) is -0.668. The molecule has 0 bridgehead atoms. The fraction of sp³-hybridized carbons (Fsp3) is 0.538. The van der Waals surface area contributed by atoms with Gasteiger partial charge in [-0.2, -0.15) is 0 Å². The molecule has 1 aliphatic rings. The number of esters is 1. The van der Waals surface area contributed by atoms with E-state index < -0.39 is 12.2 Å². The zero-order valence-corrected chi connectivity index (χ0v) is 18.7. The molecule has 4 atom stereocenters. The Balaban J connectivity index is 1.77. The zero-order valence-electron chi connectivity index (χ0n) is 18.7. The molecule has 1 saturated carbocycles. The van der Waals surface area contributed by atoms with Gasteiger partial charge in [-0.15, -0.1) is 0 Å². The number of aryl methyl sites for hydroxylation is 1. The summed E-state index contributed by atoms with van der Waals surface area (Å²) in [6, 6.07) is 9.99. The maximum Gasteiger partial charge on any atom is 0.306 e. The van der Waals surface area contributed by atoms with Gasteiger partial charge >= 0.3 is 5.97 Å². The third-order valence-electron chi connectivity index (χ3n) is 5.54. The summed E-state index contributed by atoms with van der Waals surface area (Å²) < 4.78 is 5.10. The predicted molar refractivity (Wildman–Crippen MR) is 121 cm³/mol. The van der Waals surface area contributed by atoms with Gasteiger partial charge in [0, 0.05) is 24.7 Å². The van der Waals surface area contributed by atoms with E-state index in [4.69, 9.17) is 4.74 Å². The second-order valence-electron chi connectivity index (χ2n) is 8.54. The van der Waals surface area contributed by atoms with Crippen molar-refractivity contribution in [1.82, 2.24) is 0 Å². The quantitative estimate of drug-likeness (QED) is 0.297. The number of hydrogen-bond acceptors (Lipinski definition) is 5. The van der Waals surface area contributed by atoms with Crippen LogP contribution in [0.15, 0.2) is 54.6 Å². The van der Waals surface area contributed by atoms with Crippen LogP contribution in [0.4, 0.5) is 0 Å². The summed E-state index contributed by atoms with van der Waals surface area (Å²) in [7, 11) is 0. The third kappa shape index (κ3) is 9.19. The average molecular weight is 429 g/mol. The highest BCUT2D eigenvalue weighted by Crippen LogP contribution is 2.33. The Labute approximate surface area is 185 Å². The first-order chi connectivity index (χ1) is 14.9. The van der Waals surface area contributed by atoms with Crippen LogP contribution in [0, 0.1) is 11.8 Å². The Kier molecular flexibility index (Phi) is 10.7. The molecule has 170 valence electrons. The highest BCUT2D eigenvalue weighted by atomic mass is 16.5. The molecule has 5 nitrogen and oxygen atoms in total. The summed E-state index contributed by atoms with van der Waals surface area (Å²) in [5, 5.41) is 20.6. The first-order valence-electron chi connectivity index (χ1n) is 11.3. The highest BCUT2D eigenvalue weighted by Gasteiger charge is 2.39. The van der Waals surface area contributed by atoms with Crippen molar-refractivity contribution >= 4 is 11.8 Å². The Morgan fingerprint density at radius 2 is 1.97 bits per heavy atom.